The van der Waals surface area contributed by atoms with E-state index in [-0.39, 0.29) is 17.9 Å². The van der Waals surface area contributed by atoms with Gasteiger partial charge in [0.2, 0.25) is 0 Å². The lowest BCUT2D eigenvalue weighted by atomic mass is 10.1. The molecule has 0 aliphatic carbocycles. The maximum Gasteiger partial charge on any atom is 0.321 e. The van der Waals surface area contributed by atoms with Crippen molar-refractivity contribution in [2.24, 2.45) is 0 Å². The Morgan fingerprint density at radius 1 is 1.33 bits per heavy atom. The summed E-state index contributed by atoms with van der Waals surface area (Å²) in [7, 11) is 0. The van der Waals surface area contributed by atoms with Gasteiger partial charge >= 0.3 is 6.03 Å². The van der Waals surface area contributed by atoms with Gasteiger partial charge in [-0.3, -0.25) is 14.8 Å². The molecule has 0 saturated carbocycles. The third-order valence-corrected chi connectivity index (χ3v) is 3.95. The first-order valence-electron chi connectivity index (χ1n) is 8.06. The van der Waals surface area contributed by atoms with Gasteiger partial charge in [-0.05, 0) is 36.6 Å². The van der Waals surface area contributed by atoms with E-state index in [0.29, 0.717) is 24.5 Å². The van der Waals surface area contributed by atoms with Crippen molar-refractivity contribution in [3.8, 4) is 0 Å². The molecule has 1 aromatic carbocycles. The molecule has 0 bridgehead atoms. The molecule has 3 amide bonds. The first kappa shape index (κ1) is 16.0. The van der Waals surface area contributed by atoms with Crippen molar-refractivity contribution in [2.45, 2.75) is 26.2 Å². The number of hydrogen-bond acceptors (Lipinski definition) is 3. The van der Waals surface area contributed by atoms with E-state index in [4.69, 9.17) is 0 Å². The zero-order valence-corrected chi connectivity index (χ0v) is 13.8. The van der Waals surface area contributed by atoms with Gasteiger partial charge in [-0.15, -0.1) is 0 Å². The van der Waals surface area contributed by atoms with Crippen LogP contribution in [0.4, 0.5) is 16.2 Å². The highest BCUT2D eigenvalue weighted by Gasteiger charge is 2.19. The number of carbonyl (C=O) groups excluding carboxylic acids is 2. The van der Waals surface area contributed by atoms with E-state index < -0.39 is 0 Å². The lowest BCUT2D eigenvalue weighted by Crippen LogP contribution is -2.46. The van der Waals surface area contributed by atoms with Gasteiger partial charge in [0.15, 0.2) is 5.69 Å². The minimum absolute atomic E-state index is 0.112. The second-order valence-electron chi connectivity index (χ2n) is 6.10. The molecule has 1 aliphatic heterocycles. The van der Waals surface area contributed by atoms with E-state index >= 15 is 0 Å². The van der Waals surface area contributed by atoms with Crippen molar-refractivity contribution in [3.63, 3.8) is 0 Å². The minimum atomic E-state index is -0.279. The molecule has 1 aliphatic rings. The topological polar surface area (TPSA) is 90.1 Å². The molecule has 1 aromatic heterocycles. The normalized spacial score (nSPS) is 14.6. The monoisotopic (exact) mass is 327 g/mol. The Morgan fingerprint density at radius 2 is 2.17 bits per heavy atom. The minimum Gasteiger partial charge on any atom is -0.338 e. The van der Waals surface area contributed by atoms with Crippen molar-refractivity contribution in [1.82, 2.24) is 15.5 Å². The summed E-state index contributed by atoms with van der Waals surface area (Å²) in [4.78, 5) is 25.9. The van der Waals surface area contributed by atoms with Crippen LogP contribution in [0.15, 0.2) is 30.3 Å². The highest BCUT2D eigenvalue weighted by molar-refractivity contribution is 6.03. The average Bonchev–Trinajstić information content (AvgIpc) is 3.06. The van der Waals surface area contributed by atoms with E-state index in [2.05, 4.69) is 20.8 Å². The highest BCUT2D eigenvalue weighted by atomic mass is 16.2. The zero-order chi connectivity index (χ0) is 17.1. The third kappa shape index (κ3) is 3.40. The van der Waals surface area contributed by atoms with Gasteiger partial charge in [-0.1, -0.05) is 19.9 Å². The number of carbonyl (C=O) groups is 2. The van der Waals surface area contributed by atoms with Gasteiger partial charge in [-0.2, -0.15) is 5.10 Å². The van der Waals surface area contributed by atoms with Gasteiger partial charge in [0.05, 0.1) is 0 Å². The van der Waals surface area contributed by atoms with Crippen LogP contribution in [0.1, 0.15) is 42.4 Å². The second kappa shape index (κ2) is 6.74. The van der Waals surface area contributed by atoms with Crippen LogP contribution in [0.5, 0.6) is 0 Å². The van der Waals surface area contributed by atoms with Crippen LogP contribution < -0.4 is 15.5 Å². The zero-order valence-electron chi connectivity index (χ0n) is 13.8. The fraction of sp³-hybridized carbons (Fsp3) is 0.353. The van der Waals surface area contributed by atoms with Crippen LogP contribution in [0.25, 0.3) is 0 Å². The largest absolute Gasteiger partial charge is 0.338 e. The molecular weight excluding hydrogens is 306 g/mol. The lowest BCUT2D eigenvalue weighted by Gasteiger charge is -2.27. The predicted octanol–water partition coefficient (Wildman–Crippen LogP) is 2.71. The maximum absolute atomic E-state index is 12.3. The van der Waals surface area contributed by atoms with Crippen molar-refractivity contribution in [2.75, 3.05) is 23.3 Å². The molecule has 2 heterocycles. The Bertz CT molecular complexity index is 753. The van der Waals surface area contributed by atoms with Crippen LogP contribution in [0, 0.1) is 0 Å². The molecule has 2 aromatic rings. The summed E-state index contributed by atoms with van der Waals surface area (Å²) in [6.07, 6.45) is 0.896. The van der Waals surface area contributed by atoms with Crippen molar-refractivity contribution in [3.05, 3.63) is 41.7 Å². The number of aromatic amines is 1. The molecule has 1 saturated heterocycles. The lowest BCUT2D eigenvalue weighted by molar-refractivity contribution is 0.102. The van der Waals surface area contributed by atoms with E-state index in [1.165, 1.54) is 0 Å². The number of nitrogens with one attached hydrogen (secondary N) is 3. The number of anilines is 2. The summed E-state index contributed by atoms with van der Waals surface area (Å²) in [5.74, 6) is -0.00149. The SMILES string of the molecule is CC(C)c1cc(C(=O)Nc2cccc(N3CCCNC3=O)c2)n[nH]1. The second-order valence-corrected chi connectivity index (χ2v) is 6.10. The number of nitrogens with zero attached hydrogens (tertiary/aromatic N) is 2. The number of aromatic nitrogens is 2. The Labute approximate surface area is 140 Å². The fourth-order valence-corrected chi connectivity index (χ4v) is 2.57. The quantitative estimate of drug-likeness (QED) is 0.806. The summed E-state index contributed by atoms with van der Waals surface area (Å²) in [5.41, 5.74) is 2.65. The van der Waals surface area contributed by atoms with E-state index in [0.717, 1.165) is 17.8 Å². The van der Waals surface area contributed by atoms with E-state index in [1.54, 1.807) is 23.1 Å². The maximum atomic E-state index is 12.3. The number of amides is 3. The summed E-state index contributed by atoms with van der Waals surface area (Å²) in [5, 5.41) is 12.6. The van der Waals surface area contributed by atoms with Crippen molar-refractivity contribution < 1.29 is 9.59 Å². The predicted molar refractivity (Wildman–Crippen MR) is 92.4 cm³/mol. The molecule has 7 heteroatoms. The molecule has 1 fully saturated rings. The van der Waals surface area contributed by atoms with E-state index in [9.17, 15) is 9.59 Å². The molecule has 0 unspecified atom stereocenters. The highest BCUT2D eigenvalue weighted by Crippen LogP contribution is 2.22. The van der Waals surface area contributed by atoms with Gasteiger partial charge in [-0.25, -0.2) is 4.79 Å². The van der Waals surface area contributed by atoms with Gasteiger partial charge in [0.1, 0.15) is 0 Å². The molecule has 3 N–H and O–H groups in total. The summed E-state index contributed by atoms with van der Waals surface area (Å²) >= 11 is 0. The molecule has 0 atom stereocenters. The van der Waals surface area contributed by atoms with Gasteiger partial charge in [0.25, 0.3) is 5.91 Å². The van der Waals surface area contributed by atoms with Gasteiger partial charge in [0, 0.05) is 30.2 Å². The van der Waals surface area contributed by atoms with Crippen LogP contribution >= 0.6 is 0 Å². The number of benzene rings is 1. The van der Waals surface area contributed by atoms with Gasteiger partial charge < -0.3 is 10.6 Å². The van der Waals surface area contributed by atoms with Crippen LogP contribution in [0.3, 0.4) is 0 Å². The number of rotatable bonds is 4. The molecular formula is C17H21N5O2. The molecule has 0 radical (unpaired) electrons. The Kier molecular flexibility index (Phi) is 4.50. The fourth-order valence-electron chi connectivity index (χ4n) is 2.57. The number of hydrogen-bond donors (Lipinski definition) is 3. The molecule has 7 nitrogen and oxygen atoms in total. The van der Waals surface area contributed by atoms with E-state index in [1.807, 2.05) is 26.0 Å². The average molecular weight is 327 g/mol. The number of H-pyrrole nitrogens is 1. The molecule has 0 spiro atoms. The Morgan fingerprint density at radius 3 is 2.88 bits per heavy atom. The summed E-state index contributed by atoms with van der Waals surface area (Å²) in [6.45, 7) is 5.42. The van der Waals surface area contributed by atoms with Crippen LogP contribution in [0.2, 0.25) is 0 Å². The van der Waals surface area contributed by atoms with Crippen molar-refractivity contribution in [1.29, 1.82) is 0 Å². The standard InChI is InChI=1S/C17H21N5O2/c1-11(2)14-10-15(21-20-14)16(23)19-12-5-3-6-13(9-12)22-8-4-7-18-17(22)24/h3,5-6,9-11H,4,7-8H2,1-2H3,(H,18,24)(H,19,23)(H,20,21). The summed E-state index contributed by atoms with van der Waals surface area (Å²) in [6, 6.07) is 8.89. The third-order valence-electron chi connectivity index (χ3n) is 3.95. The Hall–Kier alpha value is -2.83. The van der Waals surface area contributed by atoms with Crippen molar-refractivity contribution >= 4 is 23.3 Å². The summed E-state index contributed by atoms with van der Waals surface area (Å²) < 4.78 is 0. The Balaban J connectivity index is 1.74. The first-order chi connectivity index (χ1) is 11.5. The molecule has 126 valence electrons. The van der Waals surface area contributed by atoms with Crippen LogP contribution in [-0.4, -0.2) is 35.2 Å². The van der Waals surface area contributed by atoms with Crippen LogP contribution in [-0.2, 0) is 0 Å². The molecule has 3 rings (SSSR count). The molecule has 24 heavy (non-hydrogen) atoms. The first-order valence-corrected chi connectivity index (χ1v) is 8.06. The smallest absolute Gasteiger partial charge is 0.321 e. The number of urea groups is 1.